The molecule has 6 rings (SSSR count). The monoisotopic (exact) mass is 672 g/mol. The highest BCUT2D eigenvalue weighted by Gasteiger charge is 2.40. The number of nitrogens with zero attached hydrogens (tertiary/aromatic N) is 4. The number of hydrogen-bond acceptors (Lipinski definition) is 6. The van der Waals surface area contributed by atoms with E-state index in [2.05, 4.69) is 69.9 Å². The Labute approximate surface area is 286 Å². The van der Waals surface area contributed by atoms with Crippen molar-refractivity contribution in [1.29, 1.82) is 0 Å². The molecule has 3 atom stereocenters. The van der Waals surface area contributed by atoms with E-state index >= 15 is 0 Å². The van der Waals surface area contributed by atoms with Crippen LogP contribution in [0.1, 0.15) is 73.1 Å². The van der Waals surface area contributed by atoms with Crippen molar-refractivity contribution < 1.29 is 23.2 Å². The summed E-state index contributed by atoms with van der Waals surface area (Å²) in [5.41, 5.74) is 3.67. The molecule has 3 heterocycles. The van der Waals surface area contributed by atoms with Crippen LogP contribution in [0, 0.1) is 11.7 Å². The Morgan fingerprint density at radius 3 is 2.57 bits per heavy atom. The lowest BCUT2D eigenvalue weighted by molar-refractivity contribution is -0.138. The van der Waals surface area contributed by atoms with Gasteiger partial charge in [0.25, 0.3) is 5.91 Å². The summed E-state index contributed by atoms with van der Waals surface area (Å²) < 4.78 is 28.3. The fraction of sp³-hybridized carbons (Fsp3) is 0.474. The molecule has 2 aromatic carbocycles. The Kier molecular flexibility index (Phi) is 10.6. The number of benzene rings is 2. The van der Waals surface area contributed by atoms with Gasteiger partial charge in [-0.1, -0.05) is 31.2 Å². The molecule has 3 amide bonds. The number of piperidine rings is 1. The molecule has 1 aromatic heterocycles. The molecule has 2 N–H and O–H groups in total. The van der Waals surface area contributed by atoms with Crippen LogP contribution in [-0.2, 0) is 9.59 Å². The van der Waals surface area contributed by atoms with E-state index in [1.807, 2.05) is 6.92 Å². The van der Waals surface area contributed by atoms with Gasteiger partial charge in [-0.25, -0.2) is 13.8 Å². The maximum absolute atomic E-state index is 14.8. The number of likely N-dealkylation sites (tertiary alicyclic amines) is 2. The lowest BCUT2D eigenvalue weighted by atomic mass is 9.95. The zero-order valence-corrected chi connectivity index (χ0v) is 28.5. The van der Waals surface area contributed by atoms with E-state index in [0.717, 1.165) is 42.7 Å². The number of rotatable bonds is 11. The highest BCUT2D eigenvalue weighted by atomic mass is 19.1. The number of pyridine rings is 1. The van der Waals surface area contributed by atoms with Gasteiger partial charge in [-0.2, -0.15) is 0 Å². The molecule has 2 aliphatic heterocycles. The SMILES string of the molecule is CC[C@H](NC(=O)[C@@H]1C[C@@H](F)CN1C(=O)CNC(=O)c1ccc2cc(F)ccc2n1)c1ccc(N(C)C2CCN(C)CC2)cc1/C=C/C1CC1. The number of amides is 3. The van der Waals surface area contributed by atoms with Crippen molar-refractivity contribution in [1.82, 2.24) is 25.4 Å². The number of carbonyl (C=O) groups excluding carboxylic acids is 3. The van der Waals surface area contributed by atoms with Gasteiger partial charge in [-0.3, -0.25) is 14.4 Å². The van der Waals surface area contributed by atoms with Crippen molar-refractivity contribution in [2.45, 2.75) is 69.7 Å². The smallest absolute Gasteiger partial charge is 0.270 e. The highest BCUT2D eigenvalue weighted by molar-refractivity contribution is 5.97. The van der Waals surface area contributed by atoms with E-state index in [1.165, 1.54) is 42.0 Å². The first kappa shape index (κ1) is 34.5. The van der Waals surface area contributed by atoms with Gasteiger partial charge in [-0.05, 0) is 106 Å². The number of aromatic nitrogens is 1. The van der Waals surface area contributed by atoms with Gasteiger partial charge in [0.1, 0.15) is 23.7 Å². The summed E-state index contributed by atoms with van der Waals surface area (Å²) in [5, 5.41) is 6.21. The minimum absolute atomic E-state index is 0.0619. The van der Waals surface area contributed by atoms with Crippen LogP contribution < -0.4 is 15.5 Å². The molecule has 11 heteroatoms. The van der Waals surface area contributed by atoms with Gasteiger partial charge in [0, 0.05) is 30.6 Å². The number of alkyl halides is 1. The predicted molar refractivity (Wildman–Crippen MR) is 187 cm³/mol. The van der Waals surface area contributed by atoms with Crippen molar-refractivity contribution >= 4 is 40.4 Å². The van der Waals surface area contributed by atoms with E-state index < -0.39 is 42.3 Å². The lowest BCUT2D eigenvalue weighted by Gasteiger charge is -2.36. The van der Waals surface area contributed by atoms with Crippen LogP contribution in [0.3, 0.4) is 0 Å². The number of carbonyl (C=O) groups is 3. The number of allylic oxidation sites excluding steroid dienone is 1. The fourth-order valence-electron chi connectivity index (χ4n) is 6.91. The van der Waals surface area contributed by atoms with Crippen molar-refractivity contribution in [3.63, 3.8) is 0 Å². The second-order valence-electron chi connectivity index (χ2n) is 13.7. The Morgan fingerprint density at radius 1 is 1.06 bits per heavy atom. The number of nitrogens with one attached hydrogen (secondary N) is 2. The number of hydrogen-bond donors (Lipinski definition) is 2. The van der Waals surface area contributed by atoms with Crippen LogP contribution in [0.2, 0.25) is 0 Å². The lowest BCUT2D eigenvalue weighted by Crippen LogP contribution is -2.49. The first-order valence-electron chi connectivity index (χ1n) is 17.4. The molecule has 9 nitrogen and oxygen atoms in total. The van der Waals surface area contributed by atoms with Crippen molar-refractivity contribution in [2.24, 2.45) is 5.92 Å². The minimum Gasteiger partial charge on any atom is -0.371 e. The standard InChI is InChI=1S/C38H46F2N6O3/c1-4-32(31-12-11-30(20-25(31)8-7-24-5-6-24)45(3)29-15-17-44(2)18-16-29)43-38(49)35-21-28(40)23-46(35)36(47)22-41-37(48)34-13-9-26-19-27(39)10-14-33(26)42-34/h7-14,19-20,24,28-29,32,35H,4-6,15-18,21-23H2,1-3H3,(H,41,48)(H,43,49)/b8-7+/t28-,32+,35+/m1/s1. The van der Waals surface area contributed by atoms with Crippen LogP contribution >= 0.6 is 0 Å². The molecule has 3 fully saturated rings. The number of fused-ring (bicyclic) bond motifs is 1. The highest BCUT2D eigenvalue weighted by Crippen LogP contribution is 2.34. The van der Waals surface area contributed by atoms with Gasteiger partial charge in [-0.15, -0.1) is 0 Å². The summed E-state index contributed by atoms with van der Waals surface area (Å²) in [6.45, 7) is 3.50. The summed E-state index contributed by atoms with van der Waals surface area (Å²) in [5.74, 6) is -1.40. The van der Waals surface area contributed by atoms with E-state index in [9.17, 15) is 23.2 Å². The van der Waals surface area contributed by atoms with E-state index in [1.54, 1.807) is 6.07 Å². The van der Waals surface area contributed by atoms with Crippen LogP contribution in [0.4, 0.5) is 14.5 Å². The molecule has 1 aliphatic carbocycles. The molecule has 2 saturated heterocycles. The summed E-state index contributed by atoms with van der Waals surface area (Å²) in [6, 6.07) is 12.6. The van der Waals surface area contributed by atoms with Gasteiger partial charge < -0.3 is 25.3 Å². The Balaban J connectivity index is 1.13. The van der Waals surface area contributed by atoms with E-state index in [4.69, 9.17) is 0 Å². The average molecular weight is 673 g/mol. The molecule has 1 saturated carbocycles. The maximum Gasteiger partial charge on any atom is 0.270 e. The zero-order valence-electron chi connectivity index (χ0n) is 28.5. The Hall–Kier alpha value is -4.38. The third kappa shape index (κ3) is 8.26. The zero-order chi connectivity index (χ0) is 34.7. The summed E-state index contributed by atoms with van der Waals surface area (Å²) in [6.07, 6.45) is 8.14. The largest absolute Gasteiger partial charge is 0.371 e. The van der Waals surface area contributed by atoms with Gasteiger partial charge in [0.05, 0.1) is 24.6 Å². The second-order valence-corrected chi connectivity index (χ2v) is 13.7. The number of halogens is 2. The second kappa shape index (κ2) is 15.0. The van der Waals surface area contributed by atoms with Crippen LogP contribution in [0.5, 0.6) is 0 Å². The fourth-order valence-corrected chi connectivity index (χ4v) is 6.91. The molecule has 3 aromatic rings. The predicted octanol–water partition coefficient (Wildman–Crippen LogP) is 5.26. The molecular formula is C38H46F2N6O3. The molecule has 3 aliphatic rings. The molecule has 0 bridgehead atoms. The first-order chi connectivity index (χ1) is 23.6. The molecule has 49 heavy (non-hydrogen) atoms. The molecule has 0 spiro atoms. The van der Waals surface area contributed by atoms with E-state index in [0.29, 0.717) is 29.3 Å². The van der Waals surface area contributed by atoms with Crippen LogP contribution in [0.25, 0.3) is 17.0 Å². The summed E-state index contributed by atoms with van der Waals surface area (Å²) >= 11 is 0. The van der Waals surface area contributed by atoms with Crippen molar-refractivity contribution in [3.8, 4) is 0 Å². The molecule has 0 radical (unpaired) electrons. The first-order valence-corrected chi connectivity index (χ1v) is 17.4. The van der Waals surface area contributed by atoms with E-state index in [-0.39, 0.29) is 24.7 Å². The quantitative estimate of drug-likeness (QED) is 0.289. The van der Waals surface area contributed by atoms with Gasteiger partial charge in [0.15, 0.2) is 0 Å². The summed E-state index contributed by atoms with van der Waals surface area (Å²) in [7, 11) is 4.31. The summed E-state index contributed by atoms with van der Waals surface area (Å²) in [4.78, 5) is 50.0. The Morgan fingerprint density at radius 2 is 1.84 bits per heavy atom. The van der Waals surface area contributed by atoms with Gasteiger partial charge in [0.2, 0.25) is 11.8 Å². The van der Waals surface area contributed by atoms with Crippen molar-refractivity contribution in [3.05, 3.63) is 77.2 Å². The molecule has 260 valence electrons. The minimum atomic E-state index is -1.36. The topological polar surface area (TPSA) is 97.9 Å². The van der Waals surface area contributed by atoms with Crippen molar-refractivity contribution in [2.75, 3.05) is 45.2 Å². The Bertz CT molecular complexity index is 1720. The molecular weight excluding hydrogens is 626 g/mol. The molecule has 0 unspecified atom stereocenters. The maximum atomic E-state index is 14.8. The van der Waals surface area contributed by atoms with Gasteiger partial charge >= 0.3 is 0 Å². The van der Waals surface area contributed by atoms with Crippen LogP contribution in [-0.4, -0.2) is 91.0 Å². The van der Waals surface area contributed by atoms with Crippen LogP contribution in [0.15, 0.2) is 54.6 Å². The average Bonchev–Trinajstić information content (AvgIpc) is 3.86. The number of anilines is 1. The third-order valence-corrected chi connectivity index (χ3v) is 10.1. The third-order valence-electron chi connectivity index (χ3n) is 10.1. The normalized spacial score (nSPS) is 20.9.